The Kier molecular flexibility index (Phi) is 5.22. The minimum Gasteiger partial charge on any atom is -0.490 e. The van der Waals surface area contributed by atoms with Crippen LogP contribution in [0.15, 0.2) is 57.7 Å². The summed E-state index contributed by atoms with van der Waals surface area (Å²) >= 11 is 0. The fraction of sp³-hybridized carbons (Fsp3) is 0.200. The van der Waals surface area contributed by atoms with E-state index < -0.39 is 11.6 Å². The number of hydrogen-bond donors (Lipinski definition) is 0. The number of esters is 1. The van der Waals surface area contributed by atoms with Crippen molar-refractivity contribution < 1.29 is 23.4 Å². The molecule has 1 aromatic heterocycles. The van der Waals surface area contributed by atoms with E-state index >= 15 is 0 Å². The zero-order chi connectivity index (χ0) is 18.5. The molecule has 0 spiro atoms. The van der Waals surface area contributed by atoms with Crippen molar-refractivity contribution in [2.24, 2.45) is 0 Å². The predicted octanol–water partition coefficient (Wildman–Crippen LogP) is 3.81. The van der Waals surface area contributed by atoms with E-state index in [0.29, 0.717) is 35.9 Å². The highest BCUT2D eigenvalue weighted by molar-refractivity contribution is 5.92. The van der Waals surface area contributed by atoms with Crippen LogP contribution < -0.4 is 19.8 Å². The van der Waals surface area contributed by atoms with Crippen LogP contribution in [0.5, 0.6) is 17.2 Å². The van der Waals surface area contributed by atoms with Crippen molar-refractivity contribution >= 4 is 16.9 Å². The van der Waals surface area contributed by atoms with Crippen LogP contribution in [0.25, 0.3) is 11.0 Å². The Balaban J connectivity index is 1.85. The van der Waals surface area contributed by atoms with Gasteiger partial charge in [0.2, 0.25) is 0 Å². The summed E-state index contributed by atoms with van der Waals surface area (Å²) in [5, 5.41) is 0.740. The SMILES string of the molecule is CCOc1ccc(C(=O)Oc2ccc3ccc(=O)oc3c2)cc1OCC. The maximum Gasteiger partial charge on any atom is 0.343 e. The Morgan fingerprint density at radius 3 is 2.42 bits per heavy atom. The molecule has 134 valence electrons. The Morgan fingerprint density at radius 2 is 1.65 bits per heavy atom. The van der Waals surface area contributed by atoms with Gasteiger partial charge < -0.3 is 18.6 Å². The van der Waals surface area contributed by atoms with E-state index in [2.05, 4.69) is 0 Å². The number of carbonyl (C=O) groups is 1. The quantitative estimate of drug-likeness (QED) is 0.381. The summed E-state index contributed by atoms with van der Waals surface area (Å²) in [5.74, 6) is 0.780. The van der Waals surface area contributed by atoms with Crippen molar-refractivity contribution in [1.82, 2.24) is 0 Å². The van der Waals surface area contributed by atoms with Gasteiger partial charge in [-0.15, -0.1) is 0 Å². The lowest BCUT2D eigenvalue weighted by molar-refractivity contribution is 0.0734. The first-order valence-corrected chi connectivity index (χ1v) is 8.26. The highest BCUT2D eigenvalue weighted by atomic mass is 16.5. The summed E-state index contributed by atoms with van der Waals surface area (Å²) in [6.07, 6.45) is 0. The van der Waals surface area contributed by atoms with Gasteiger partial charge in [0.15, 0.2) is 11.5 Å². The number of ether oxygens (including phenoxy) is 3. The molecule has 2 aromatic carbocycles. The molecule has 0 aliphatic carbocycles. The van der Waals surface area contributed by atoms with E-state index in [1.54, 1.807) is 36.4 Å². The Hall–Kier alpha value is -3.28. The third-order valence-corrected chi connectivity index (χ3v) is 3.58. The van der Waals surface area contributed by atoms with Crippen LogP contribution in [-0.2, 0) is 0 Å². The molecule has 1 heterocycles. The minimum absolute atomic E-state index is 0.281. The second-order valence-corrected chi connectivity index (χ2v) is 5.37. The molecule has 3 rings (SSSR count). The zero-order valence-corrected chi connectivity index (χ0v) is 14.5. The third-order valence-electron chi connectivity index (χ3n) is 3.58. The highest BCUT2D eigenvalue weighted by Crippen LogP contribution is 2.29. The van der Waals surface area contributed by atoms with Gasteiger partial charge in [0.1, 0.15) is 11.3 Å². The third kappa shape index (κ3) is 3.85. The van der Waals surface area contributed by atoms with E-state index in [1.165, 1.54) is 12.1 Å². The van der Waals surface area contributed by atoms with Crippen LogP contribution in [0.4, 0.5) is 0 Å². The molecule has 26 heavy (non-hydrogen) atoms. The molecular formula is C20H18O6. The van der Waals surface area contributed by atoms with E-state index in [4.69, 9.17) is 18.6 Å². The van der Waals surface area contributed by atoms with Crippen LogP contribution >= 0.6 is 0 Å². The van der Waals surface area contributed by atoms with Gasteiger partial charge in [-0.25, -0.2) is 9.59 Å². The maximum absolute atomic E-state index is 12.4. The van der Waals surface area contributed by atoms with Gasteiger partial charge >= 0.3 is 11.6 Å². The van der Waals surface area contributed by atoms with Gasteiger partial charge in [-0.2, -0.15) is 0 Å². The average molecular weight is 354 g/mol. The van der Waals surface area contributed by atoms with Crippen molar-refractivity contribution in [1.29, 1.82) is 0 Å². The first-order valence-electron chi connectivity index (χ1n) is 8.26. The molecule has 0 saturated heterocycles. The van der Waals surface area contributed by atoms with Gasteiger partial charge in [0.25, 0.3) is 0 Å². The molecule has 0 unspecified atom stereocenters. The zero-order valence-electron chi connectivity index (χ0n) is 14.5. The molecule has 0 atom stereocenters. The monoisotopic (exact) mass is 354 g/mol. The van der Waals surface area contributed by atoms with E-state index in [1.807, 2.05) is 13.8 Å². The number of fused-ring (bicyclic) bond motifs is 1. The standard InChI is InChI=1S/C20H18O6/c1-3-23-16-9-6-14(11-18(16)24-4-2)20(22)25-15-8-5-13-7-10-19(21)26-17(13)12-15/h5-12H,3-4H2,1-2H3. The molecule has 0 N–H and O–H groups in total. The van der Waals surface area contributed by atoms with Crippen LogP contribution in [0.1, 0.15) is 24.2 Å². The first kappa shape index (κ1) is 17.5. The second-order valence-electron chi connectivity index (χ2n) is 5.37. The molecule has 0 fully saturated rings. The van der Waals surface area contributed by atoms with Crippen LogP contribution in [0.2, 0.25) is 0 Å². The fourth-order valence-corrected chi connectivity index (χ4v) is 2.45. The van der Waals surface area contributed by atoms with E-state index in [0.717, 1.165) is 5.39 Å². The minimum atomic E-state index is -0.549. The largest absolute Gasteiger partial charge is 0.490 e. The molecule has 0 radical (unpaired) electrons. The van der Waals surface area contributed by atoms with Gasteiger partial charge in [0.05, 0.1) is 18.8 Å². The molecular weight excluding hydrogens is 336 g/mol. The van der Waals surface area contributed by atoms with Crippen LogP contribution in [0, 0.1) is 0 Å². The maximum atomic E-state index is 12.4. The topological polar surface area (TPSA) is 75.0 Å². The summed E-state index contributed by atoms with van der Waals surface area (Å²) in [7, 11) is 0. The summed E-state index contributed by atoms with van der Waals surface area (Å²) in [6, 6.07) is 12.7. The summed E-state index contributed by atoms with van der Waals surface area (Å²) in [6.45, 7) is 4.66. The molecule has 0 aliphatic heterocycles. The highest BCUT2D eigenvalue weighted by Gasteiger charge is 2.14. The lowest BCUT2D eigenvalue weighted by atomic mass is 10.2. The van der Waals surface area contributed by atoms with Gasteiger partial charge in [-0.1, -0.05) is 0 Å². The van der Waals surface area contributed by atoms with Crippen LogP contribution in [0.3, 0.4) is 0 Å². The van der Waals surface area contributed by atoms with E-state index in [9.17, 15) is 9.59 Å². The smallest absolute Gasteiger partial charge is 0.343 e. The summed E-state index contributed by atoms with van der Waals surface area (Å²) in [5.41, 5.74) is 0.213. The van der Waals surface area contributed by atoms with Gasteiger partial charge in [-0.05, 0) is 50.2 Å². The van der Waals surface area contributed by atoms with Crippen molar-refractivity contribution in [3.63, 3.8) is 0 Å². The molecule has 3 aromatic rings. The van der Waals surface area contributed by atoms with Crippen molar-refractivity contribution in [3.05, 3.63) is 64.5 Å². The lowest BCUT2D eigenvalue weighted by Crippen LogP contribution is -2.09. The Bertz CT molecular complexity index is 989. The molecule has 0 amide bonds. The molecule has 0 aliphatic rings. The Morgan fingerprint density at radius 1 is 0.923 bits per heavy atom. The second kappa shape index (κ2) is 7.74. The predicted molar refractivity (Wildman–Crippen MR) is 96.2 cm³/mol. The van der Waals surface area contributed by atoms with Crippen molar-refractivity contribution in [2.75, 3.05) is 13.2 Å². The molecule has 6 heteroatoms. The van der Waals surface area contributed by atoms with Gasteiger partial charge in [-0.3, -0.25) is 0 Å². The molecule has 0 saturated carbocycles. The van der Waals surface area contributed by atoms with Crippen molar-refractivity contribution in [3.8, 4) is 17.2 Å². The lowest BCUT2D eigenvalue weighted by Gasteiger charge is -2.12. The fourth-order valence-electron chi connectivity index (χ4n) is 2.45. The number of rotatable bonds is 6. The normalized spacial score (nSPS) is 10.5. The van der Waals surface area contributed by atoms with Gasteiger partial charge in [0, 0.05) is 17.5 Å². The Labute approximate surface area is 149 Å². The number of carbonyl (C=O) groups excluding carboxylic acids is 1. The van der Waals surface area contributed by atoms with E-state index in [-0.39, 0.29) is 5.75 Å². The number of hydrogen-bond acceptors (Lipinski definition) is 6. The van der Waals surface area contributed by atoms with Crippen molar-refractivity contribution in [2.45, 2.75) is 13.8 Å². The summed E-state index contributed by atoms with van der Waals surface area (Å²) in [4.78, 5) is 23.8. The molecule has 0 bridgehead atoms. The van der Waals surface area contributed by atoms with Crippen LogP contribution in [-0.4, -0.2) is 19.2 Å². The summed E-state index contributed by atoms with van der Waals surface area (Å²) < 4.78 is 21.5. The first-order chi connectivity index (χ1) is 12.6. The average Bonchev–Trinajstić information content (AvgIpc) is 2.63. The number of benzene rings is 2. The molecule has 6 nitrogen and oxygen atoms in total.